The molecule has 148 valence electrons. The van der Waals surface area contributed by atoms with Crippen molar-refractivity contribution in [1.82, 2.24) is 14.9 Å². The molecule has 0 atom stereocenters. The summed E-state index contributed by atoms with van der Waals surface area (Å²) in [6.07, 6.45) is 6.16. The SMILES string of the molecule is O=S(=O)(NC1CCCCCC1)c1cc(-c2nc(-c3cccc(F)c3)no2)cs1. The number of rotatable bonds is 5. The molecule has 0 amide bonds. The monoisotopic (exact) mass is 421 g/mol. The Morgan fingerprint density at radius 2 is 1.89 bits per heavy atom. The first kappa shape index (κ1) is 19.2. The van der Waals surface area contributed by atoms with Gasteiger partial charge in [0.15, 0.2) is 0 Å². The van der Waals surface area contributed by atoms with Crippen LogP contribution in [0.1, 0.15) is 38.5 Å². The average Bonchev–Trinajstić information content (AvgIpc) is 3.28. The van der Waals surface area contributed by atoms with E-state index in [4.69, 9.17) is 4.52 Å². The first-order valence-electron chi connectivity index (χ1n) is 9.22. The predicted molar refractivity (Wildman–Crippen MR) is 105 cm³/mol. The van der Waals surface area contributed by atoms with Crippen LogP contribution in [0.4, 0.5) is 4.39 Å². The summed E-state index contributed by atoms with van der Waals surface area (Å²) in [4.78, 5) is 4.26. The van der Waals surface area contributed by atoms with Gasteiger partial charge in [0.2, 0.25) is 15.8 Å². The zero-order valence-corrected chi connectivity index (χ0v) is 16.7. The van der Waals surface area contributed by atoms with Crippen molar-refractivity contribution in [1.29, 1.82) is 0 Å². The molecule has 1 fully saturated rings. The summed E-state index contributed by atoms with van der Waals surface area (Å²) in [5, 5.41) is 5.54. The quantitative estimate of drug-likeness (QED) is 0.608. The van der Waals surface area contributed by atoms with Crippen LogP contribution in [0.5, 0.6) is 0 Å². The Balaban J connectivity index is 1.52. The maximum atomic E-state index is 13.4. The van der Waals surface area contributed by atoms with Gasteiger partial charge < -0.3 is 4.52 Å². The molecule has 4 rings (SSSR count). The van der Waals surface area contributed by atoms with E-state index >= 15 is 0 Å². The molecular weight excluding hydrogens is 401 g/mol. The first-order valence-corrected chi connectivity index (χ1v) is 11.6. The molecule has 0 radical (unpaired) electrons. The maximum absolute atomic E-state index is 13.4. The number of nitrogens with one attached hydrogen (secondary N) is 1. The topological polar surface area (TPSA) is 85.1 Å². The molecule has 1 aromatic carbocycles. The normalized spacial score (nSPS) is 16.2. The van der Waals surface area contributed by atoms with Gasteiger partial charge in [-0.3, -0.25) is 0 Å². The Kier molecular flexibility index (Phi) is 5.56. The lowest BCUT2D eigenvalue weighted by molar-refractivity contribution is 0.432. The van der Waals surface area contributed by atoms with Gasteiger partial charge in [-0.15, -0.1) is 11.3 Å². The van der Waals surface area contributed by atoms with Gasteiger partial charge in [0.25, 0.3) is 5.89 Å². The Labute approximate surface area is 166 Å². The molecule has 0 spiro atoms. The third-order valence-corrected chi connectivity index (χ3v) is 7.73. The van der Waals surface area contributed by atoms with Gasteiger partial charge in [0, 0.05) is 17.0 Å². The van der Waals surface area contributed by atoms with Crippen molar-refractivity contribution in [3.8, 4) is 22.8 Å². The summed E-state index contributed by atoms with van der Waals surface area (Å²) in [6.45, 7) is 0. The van der Waals surface area contributed by atoms with Crippen molar-refractivity contribution in [2.75, 3.05) is 0 Å². The molecule has 0 unspecified atom stereocenters. The van der Waals surface area contributed by atoms with Crippen LogP contribution >= 0.6 is 11.3 Å². The standard InChI is InChI=1S/C19H20FN3O3S2/c20-15-7-5-6-13(10-15)18-21-19(26-22-18)14-11-17(27-12-14)28(24,25)23-16-8-3-1-2-4-9-16/h5-7,10-12,16,23H,1-4,8-9H2. The Morgan fingerprint density at radius 1 is 1.11 bits per heavy atom. The molecule has 2 heterocycles. The van der Waals surface area contributed by atoms with E-state index in [1.165, 1.54) is 18.2 Å². The van der Waals surface area contributed by atoms with Crippen molar-refractivity contribution in [2.45, 2.75) is 48.8 Å². The third-order valence-electron chi connectivity index (χ3n) is 4.77. The molecule has 6 nitrogen and oxygen atoms in total. The number of hydrogen-bond acceptors (Lipinski definition) is 6. The summed E-state index contributed by atoms with van der Waals surface area (Å²) in [7, 11) is -3.59. The second-order valence-electron chi connectivity index (χ2n) is 6.90. The lowest BCUT2D eigenvalue weighted by Gasteiger charge is -2.15. The van der Waals surface area contributed by atoms with Gasteiger partial charge in [0.1, 0.15) is 10.0 Å². The summed E-state index contributed by atoms with van der Waals surface area (Å²) in [5.74, 6) is 0.0606. The van der Waals surface area contributed by atoms with E-state index in [1.807, 2.05) is 0 Å². The molecule has 0 aliphatic heterocycles. The van der Waals surface area contributed by atoms with Gasteiger partial charge in [0.05, 0.1) is 5.56 Å². The highest BCUT2D eigenvalue weighted by Gasteiger charge is 2.24. The Hall–Kier alpha value is -2.10. The van der Waals surface area contributed by atoms with Crippen LogP contribution in [0.15, 0.2) is 44.4 Å². The smallest absolute Gasteiger partial charge is 0.259 e. The largest absolute Gasteiger partial charge is 0.334 e. The molecule has 3 aromatic rings. The maximum Gasteiger partial charge on any atom is 0.259 e. The second-order valence-corrected chi connectivity index (χ2v) is 9.75. The minimum absolute atomic E-state index is 0.0129. The van der Waals surface area contributed by atoms with Crippen molar-refractivity contribution in [3.05, 3.63) is 41.5 Å². The summed E-state index contributed by atoms with van der Waals surface area (Å²) in [6, 6.07) is 7.41. The Bertz CT molecular complexity index is 1050. The van der Waals surface area contributed by atoms with Crippen molar-refractivity contribution in [3.63, 3.8) is 0 Å². The van der Waals surface area contributed by atoms with E-state index in [2.05, 4.69) is 14.9 Å². The summed E-state index contributed by atoms with van der Waals surface area (Å²) in [5.41, 5.74) is 1.02. The van der Waals surface area contributed by atoms with Gasteiger partial charge in [-0.05, 0) is 31.0 Å². The van der Waals surface area contributed by atoms with Gasteiger partial charge in [-0.1, -0.05) is 43.0 Å². The minimum atomic E-state index is -3.59. The number of benzene rings is 1. The van der Waals surface area contributed by atoms with Gasteiger partial charge in [-0.2, -0.15) is 4.98 Å². The molecule has 0 saturated heterocycles. The number of nitrogens with zero attached hydrogens (tertiary/aromatic N) is 2. The lowest BCUT2D eigenvalue weighted by Crippen LogP contribution is -2.33. The highest BCUT2D eigenvalue weighted by Crippen LogP contribution is 2.30. The molecule has 0 bridgehead atoms. The lowest BCUT2D eigenvalue weighted by atomic mass is 10.1. The minimum Gasteiger partial charge on any atom is -0.334 e. The highest BCUT2D eigenvalue weighted by atomic mass is 32.2. The molecule has 1 N–H and O–H groups in total. The predicted octanol–water partition coefficient (Wildman–Crippen LogP) is 4.61. The van der Waals surface area contributed by atoms with Crippen LogP contribution in [0.3, 0.4) is 0 Å². The van der Waals surface area contributed by atoms with Gasteiger partial charge in [-0.25, -0.2) is 17.5 Å². The molecule has 9 heteroatoms. The molecule has 2 aromatic heterocycles. The van der Waals surface area contributed by atoms with E-state index in [0.717, 1.165) is 49.9 Å². The van der Waals surface area contributed by atoms with Gasteiger partial charge >= 0.3 is 0 Å². The van der Waals surface area contributed by atoms with E-state index in [9.17, 15) is 12.8 Å². The van der Waals surface area contributed by atoms with E-state index in [1.54, 1.807) is 17.5 Å². The van der Waals surface area contributed by atoms with Crippen LogP contribution in [-0.4, -0.2) is 24.6 Å². The molecular formula is C19H20FN3O3S2. The average molecular weight is 422 g/mol. The van der Waals surface area contributed by atoms with Crippen molar-refractivity contribution in [2.24, 2.45) is 0 Å². The Morgan fingerprint density at radius 3 is 2.64 bits per heavy atom. The summed E-state index contributed by atoms with van der Waals surface area (Å²) < 4.78 is 47.1. The number of halogens is 1. The third kappa shape index (κ3) is 4.31. The second kappa shape index (κ2) is 8.10. The number of sulfonamides is 1. The van der Waals surface area contributed by atoms with Crippen LogP contribution in [-0.2, 0) is 10.0 Å². The van der Waals surface area contributed by atoms with Crippen molar-refractivity contribution >= 4 is 21.4 Å². The first-order chi connectivity index (χ1) is 13.5. The van der Waals surface area contributed by atoms with E-state index in [-0.39, 0.29) is 22.0 Å². The molecule has 28 heavy (non-hydrogen) atoms. The van der Waals surface area contributed by atoms with Crippen LogP contribution in [0.2, 0.25) is 0 Å². The van der Waals surface area contributed by atoms with Crippen LogP contribution in [0, 0.1) is 5.82 Å². The zero-order chi connectivity index (χ0) is 19.6. The fraction of sp³-hybridized carbons (Fsp3) is 0.368. The molecule has 1 saturated carbocycles. The van der Waals surface area contributed by atoms with Crippen molar-refractivity contribution < 1.29 is 17.3 Å². The van der Waals surface area contributed by atoms with Crippen LogP contribution < -0.4 is 4.72 Å². The molecule has 1 aliphatic carbocycles. The highest BCUT2D eigenvalue weighted by molar-refractivity contribution is 7.91. The number of hydrogen-bond donors (Lipinski definition) is 1. The van der Waals surface area contributed by atoms with E-state index in [0.29, 0.717) is 11.1 Å². The summed E-state index contributed by atoms with van der Waals surface area (Å²) >= 11 is 1.11. The molecule has 1 aliphatic rings. The zero-order valence-electron chi connectivity index (χ0n) is 15.1. The number of thiophene rings is 1. The fourth-order valence-corrected chi connectivity index (χ4v) is 5.81. The van der Waals surface area contributed by atoms with E-state index < -0.39 is 15.8 Å². The van der Waals surface area contributed by atoms with Crippen LogP contribution in [0.25, 0.3) is 22.8 Å². The number of aromatic nitrogens is 2. The fourth-order valence-electron chi connectivity index (χ4n) is 3.33.